The largest absolute Gasteiger partial charge is 0.378 e. The summed E-state index contributed by atoms with van der Waals surface area (Å²) in [4.78, 5) is 12.7. The van der Waals surface area contributed by atoms with Crippen LogP contribution in [0.15, 0.2) is 29.9 Å². The zero-order chi connectivity index (χ0) is 14.7. The quantitative estimate of drug-likeness (QED) is 0.868. The molecule has 3 rings (SSSR count). The van der Waals surface area contributed by atoms with Crippen molar-refractivity contribution in [1.29, 1.82) is 0 Å². The van der Waals surface area contributed by atoms with Gasteiger partial charge in [0.05, 0.1) is 22.9 Å². The Morgan fingerprint density at radius 2 is 2.19 bits per heavy atom. The van der Waals surface area contributed by atoms with Crippen LogP contribution < -0.4 is 4.90 Å². The van der Waals surface area contributed by atoms with Crippen molar-refractivity contribution >= 4 is 17.2 Å². The van der Waals surface area contributed by atoms with Crippen molar-refractivity contribution < 1.29 is 4.74 Å². The third-order valence-electron chi connectivity index (χ3n) is 4.26. The fourth-order valence-corrected chi connectivity index (χ4v) is 3.42. The minimum atomic E-state index is -0.00641. The Hall–Kier alpha value is -1.46. The van der Waals surface area contributed by atoms with E-state index in [1.165, 1.54) is 4.88 Å². The van der Waals surface area contributed by atoms with E-state index >= 15 is 0 Å². The summed E-state index contributed by atoms with van der Waals surface area (Å²) in [6.45, 7) is 4.18. The normalized spacial score (nSPS) is 23.0. The highest BCUT2D eigenvalue weighted by Gasteiger charge is 2.28. The summed E-state index contributed by atoms with van der Waals surface area (Å²) in [5, 5.41) is 2.07. The smallest absolute Gasteiger partial charge is 0.147 e. The number of rotatable bonds is 3. The maximum Gasteiger partial charge on any atom is 0.147 e. The SMILES string of the molecule is COC1(C)CCCN(c2cncc(-c3cccs3)n2)CC1. The van der Waals surface area contributed by atoms with Crippen LogP contribution in [0.25, 0.3) is 10.6 Å². The van der Waals surface area contributed by atoms with Crippen LogP contribution in [-0.4, -0.2) is 35.8 Å². The average molecular weight is 303 g/mol. The van der Waals surface area contributed by atoms with Gasteiger partial charge >= 0.3 is 0 Å². The van der Waals surface area contributed by atoms with Gasteiger partial charge in [0, 0.05) is 20.2 Å². The molecule has 0 bridgehead atoms. The fraction of sp³-hybridized carbons (Fsp3) is 0.500. The molecular weight excluding hydrogens is 282 g/mol. The molecule has 1 unspecified atom stereocenters. The van der Waals surface area contributed by atoms with Crippen molar-refractivity contribution in [1.82, 2.24) is 9.97 Å². The van der Waals surface area contributed by atoms with Crippen molar-refractivity contribution in [2.75, 3.05) is 25.1 Å². The van der Waals surface area contributed by atoms with Crippen molar-refractivity contribution in [3.63, 3.8) is 0 Å². The van der Waals surface area contributed by atoms with Crippen LogP contribution in [0, 0.1) is 0 Å². The maximum atomic E-state index is 5.66. The lowest BCUT2D eigenvalue weighted by atomic mass is 9.97. The molecule has 21 heavy (non-hydrogen) atoms. The number of hydrogen-bond acceptors (Lipinski definition) is 5. The van der Waals surface area contributed by atoms with Crippen LogP contribution >= 0.6 is 11.3 Å². The lowest BCUT2D eigenvalue weighted by Crippen LogP contribution is -2.30. The van der Waals surface area contributed by atoms with E-state index in [-0.39, 0.29) is 5.60 Å². The second-order valence-corrected chi connectivity index (χ2v) is 6.68. The Morgan fingerprint density at radius 3 is 2.95 bits per heavy atom. The van der Waals surface area contributed by atoms with Crippen molar-refractivity contribution in [3.8, 4) is 10.6 Å². The fourth-order valence-electron chi connectivity index (χ4n) is 2.74. The Morgan fingerprint density at radius 1 is 1.29 bits per heavy atom. The lowest BCUT2D eigenvalue weighted by molar-refractivity contribution is -0.00330. The number of aromatic nitrogens is 2. The Balaban J connectivity index is 1.79. The second kappa shape index (κ2) is 6.12. The molecule has 2 aromatic rings. The molecular formula is C16H21N3OS. The van der Waals surface area contributed by atoms with E-state index in [0.717, 1.165) is 43.9 Å². The molecule has 0 saturated carbocycles. The molecule has 112 valence electrons. The molecule has 1 aliphatic rings. The molecule has 1 saturated heterocycles. The first-order chi connectivity index (χ1) is 10.2. The predicted molar refractivity (Wildman–Crippen MR) is 86.8 cm³/mol. The minimum absolute atomic E-state index is 0.00641. The molecule has 0 radical (unpaired) electrons. The number of anilines is 1. The molecule has 3 heterocycles. The molecule has 0 aromatic carbocycles. The number of methoxy groups -OCH3 is 1. The van der Waals surface area contributed by atoms with E-state index in [1.54, 1.807) is 11.3 Å². The summed E-state index contributed by atoms with van der Waals surface area (Å²) < 4.78 is 5.66. The summed E-state index contributed by atoms with van der Waals surface area (Å²) in [6.07, 6.45) is 6.95. The molecule has 1 atom stereocenters. The van der Waals surface area contributed by atoms with Crippen LogP contribution in [0.4, 0.5) is 5.82 Å². The van der Waals surface area contributed by atoms with Gasteiger partial charge in [0.2, 0.25) is 0 Å². The minimum Gasteiger partial charge on any atom is -0.378 e. The summed E-state index contributed by atoms with van der Waals surface area (Å²) in [6, 6.07) is 4.13. The van der Waals surface area contributed by atoms with Gasteiger partial charge in [0.25, 0.3) is 0 Å². The third kappa shape index (κ3) is 3.24. The van der Waals surface area contributed by atoms with Gasteiger partial charge in [-0.25, -0.2) is 4.98 Å². The van der Waals surface area contributed by atoms with Crippen LogP contribution in [0.3, 0.4) is 0 Å². The monoisotopic (exact) mass is 303 g/mol. The van der Waals surface area contributed by atoms with Crippen LogP contribution in [0.1, 0.15) is 26.2 Å². The van der Waals surface area contributed by atoms with Gasteiger partial charge in [0.1, 0.15) is 11.5 Å². The van der Waals surface area contributed by atoms with Gasteiger partial charge in [-0.3, -0.25) is 4.98 Å². The van der Waals surface area contributed by atoms with Crippen LogP contribution in [-0.2, 0) is 4.74 Å². The predicted octanol–water partition coefficient (Wildman–Crippen LogP) is 3.60. The number of ether oxygens (including phenoxy) is 1. The van der Waals surface area contributed by atoms with E-state index < -0.39 is 0 Å². The van der Waals surface area contributed by atoms with Gasteiger partial charge in [-0.05, 0) is 37.6 Å². The van der Waals surface area contributed by atoms with E-state index in [0.29, 0.717) is 0 Å². The van der Waals surface area contributed by atoms with Gasteiger partial charge in [-0.2, -0.15) is 0 Å². The molecule has 2 aromatic heterocycles. The van der Waals surface area contributed by atoms with Gasteiger partial charge in [-0.15, -0.1) is 11.3 Å². The average Bonchev–Trinajstić information content (AvgIpc) is 2.98. The molecule has 0 spiro atoms. The molecule has 0 aliphatic carbocycles. The van der Waals surface area contributed by atoms with Gasteiger partial charge in [0.15, 0.2) is 0 Å². The highest BCUT2D eigenvalue weighted by molar-refractivity contribution is 7.13. The first-order valence-electron chi connectivity index (χ1n) is 7.36. The summed E-state index contributed by atoms with van der Waals surface area (Å²) >= 11 is 1.70. The molecule has 5 heteroatoms. The summed E-state index contributed by atoms with van der Waals surface area (Å²) in [5.41, 5.74) is 0.953. The standard InChI is InChI=1S/C16H21N3OS/c1-16(20-2)6-4-8-19(9-7-16)15-12-17-11-13(18-15)14-5-3-10-21-14/h3,5,10-12H,4,6-9H2,1-2H3. The van der Waals surface area contributed by atoms with Crippen LogP contribution in [0.2, 0.25) is 0 Å². The van der Waals surface area contributed by atoms with Crippen LogP contribution in [0.5, 0.6) is 0 Å². The van der Waals surface area contributed by atoms with Crippen molar-refractivity contribution in [3.05, 3.63) is 29.9 Å². The maximum absolute atomic E-state index is 5.66. The van der Waals surface area contributed by atoms with Crippen molar-refractivity contribution in [2.24, 2.45) is 0 Å². The number of hydrogen-bond donors (Lipinski definition) is 0. The topological polar surface area (TPSA) is 38.2 Å². The molecule has 0 N–H and O–H groups in total. The van der Waals surface area contributed by atoms with E-state index in [9.17, 15) is 0 Å². The highest BCUT2D eigenvalue weighted by Crippen LogP contribution is 2.28. The molecule has 1 fully saturated rings. The Labute approximate surface area is 129 Å². The summed E-state index contributed by atoms with van der Waals surface area (Å²) in [7, 11) is 1.81. The van der Waals surface area contributed by atoms with Gasteiger partial charge in [-0.1, -0.05) is 6.07 Å². The lowest BCUT2D eigenvalue weighted by Gasteiger charge is -2.26. The third-order valence-corrected chi connectivity index (χ3v) is 5.15. The number of thiophene rings is 1. The second-order valence-electron chi connectivity index (χ2n) is 5.73. The zero-order valence-electron chi connectivity index (χ0n) is 12.6. The molecule has 0 amide bonds. The first-order valence-corrected chi connectivity index (χ1v) is 8.24. The highest BCUT2D eigenvalue weighted by atomic mass is 32.1. The number of nitrogens with zero attached hydrogens (tertiary/aromatic N) is 3. The van der Waals surface area contributed by atoms with Gasteiger partial charge < -0.3 is 9.64 Å². The molecule has 1 aliphatic heterocycles. The van der Waals surface area contributed by atoms with E-state index in [1.807, 2.05) is 25.6 Å². The van der Waals surface area contributed by atoms with E-state index in [4.69, 9.17) is 9.72 Å². The Bertz CT molecular complexity index is 587. The summed E-state index contributed by atoms with van der Waals surface area (Å²) in [5.74, 6) is 0.973. The van der Waals surface area contributed by atoms with E-state index in [2.05, 4.69) is 28.3 Å². The molecule has 4 nitrogen and oxygen atoms in total. The zero-order valence-corrected chi connectivity index (χ0v) is 13.4. The Kier molecular flexibility index (Phi) is 4.22. The first kappa shape index (κ1) is 14.5. The van der Waals surface area contributed by atoms with Crippen molar-refractivity contribution in [2.45, 2.75) is 31.8 Å².